The van der Waals surface area contributed by atoms with Crippen LogP contribution in [0.2, 0.25) is 0 Å². The first kappa shape index (κ1) is 18.5. The van der Waals surface area contributed by atoms with E-state index in [0.717, 1.165) is 28.1 Å². The van der Waals surface area contributed by atoms with Crippen LogP contribution < -0.4 is 5.43 Å². The van der Waals surface area contributed by atoms with Crippen LogP contribution in [-0.2, 0) is 0 Å². The molecule has 0 bridgehead atoms. The third kappa shape index (κ3) is 4.71. The minimum absolute atomic E-state index is 0.281. The van der Waals surface area contributed by atoms with Gasteiger partial charge in [0.05, 0.1) is 17.6 Å². The molecule has 0 aliphatic heterocycles. The van der Waals surface area contributed by atoms with Gasteiger partial charge in [-0.25, -0.2) is 19.8 Å². The molecule has 1 N–H and O–H groups in total. The van der Waals surface area contributed by atoms with Crippen molar-refractivity contribution in [2.24, 2.45) is 5.10 Å². The van der Waals surface area contributed by atoms with Gasteiger partial charge in [-0.2, -0.15) is 5.10 Å². The van der Waals surface area contributed by atoms with E-state index < -0.39 is 0 Å². The molecule has 0 amide bonds. The van der Waals surface area contributed by atoms with E-state index in [0.29, 0.717) is 5.95 Å². The second-order valence-electron chi connectivity index (χ2n) is 6.62. The van der Waals surface area contributed by atoms with Gasteiger partial charge in [-0.05, 0) is 30.7 Å². The van der Waals surface area contributed by atoms with Gasteiger partial charge in [0.25, 0.3) is 0 Å². The normalized spacial score (nSPS) is 11.0. The first-order valence-electron chi connectivity index (χ1n) is 9.23. The fourth-order valence-corrected chi connectivity index (χ4v) is 2.84. The molecular weight excluding hydrogens is 363 g/mol. The van der Waals surface area contributed by atoms with Crippen LogP contribution in [0.1, 0.15) is 11.1 Å². The van der Waals surface area contributed by atoms with E-state index in [4.69, 9.17) is 0 Å². The average Bonchev–Trinajstić information content (AvgIpc) is 2.76. The maximum absolute atomic E-state index is 13.0. The van der Waals surface area contributed by atoms with Gasteiger partial charge in [-0.15, -0.1) is 0 Å². The summed E-state index contributed by atoms with van der Waals surface area (Å²) in [6, 6.07) is 26.2. The molecular formula is C24H19FN4. The predicted octanol–water partition coefficient (Wildman–Crippen LogP) is 5.70. The van der Waals surface area contributed by atoms with Gasteiger partial charge in [-0.1, -0.05) is 72.3 Å². The molecule has 3 aromatic carbocycles. The molecule has 0 aliphatic carbocycles. The molecule has 0 spiro atoms. The highest BCUT2D eigenvalue weighted by molar-refractivity contribution is 5.80. The summed E-state index contributed by atoms with van der Waals surface area (Å²) in [6.45, 7) is 2.05. The topological polar surface area (TPSA) is 50.2 Å². The smallest absolute Gasteiger partial charge is 0.244 e. The van der Waals surface area contributed by atoms with Gasteiger partial charge >= 0.3 is 0 Å². The van der Waals surface area contributed by atoms with E-state index in [1.165, 1.54) is 17.7 Å². The molecule has 4 aromatic rings. The number of benzene rings is 3. The van der Waals surface area contributed by atoms with Crippen molar-refractivity contribution >= 4 is 12.2 Å². The lowest BCUT2D eigenvalue weighted by Crippen LogP contribution is -2.00. The molecule has 5 heteroatoms. The van der Waals surface area contributed by atoms with E-state index in [1.807, 2.05) is 48.5 Å². The molecule has 0 fully saturated rings. The summed E-state index contributed by atoms with van der Waals surface area (Å²) in [4.78, 5) is 9.20. The maximum Gasteiger partial charge on any atom is 0.244 e. The van der Waals surface area contributed by atoms with Crippen LogP contribution in [0.15, 0.2) is 90.0 Å². The first-order valence-corrected chi connectivity index (χ1v) is 9.23. The molecule has 1 aromatic heterocycles. The number of nitrogens with zero attached hydrogens (tertiary/aromatic N) is 3. The Labute approximate surface area is 168 Å². The summed E-state index contributed by atoms with van der Waals surface area (Å²) in [5, 5.41) is 4.20. The Hall–Kier alpha value is -3.86. The van der Waals surface area contributed by atoms with Crippen LogP contribution in [0, 0.1) is 12.7 Å². The largest absolute Gasteiger partial charge is 0.245 e. The molecule has 4 rings (SSSR count). The monoisotopic (exact) mass is 382 g/mol. The van der Waals surface area contributed by atoms with Crippen molar-refractivity contribution in [1.29, 1.82) is 0 Å². The lowest BCUT2D eigenvalue weighted by atomic mass is 10.1. The molecule has 0 saturated heterocycles. The summed E-state index contributed by atoms with van der Waals surface area (Å²) in [6.07, 6.45) is 1.60. The fourth-order valence-electron chi connectivity index (χ4n) is 2.84. The van der Waals surface area contributed by atoms with Crippen molar-refractivity contribution in [2.75, 3.05) is 5.43 Å². The van der Waals surface area contributed by atoms with Gasteiger partial charge in [-0.3, -0.25) is 0 Å². The predicted molar refractivity (Wildman–Crippen MR) is 115 cm³/mol. The number of anilines is 1. The summed E-state index contributed by atoms with van der Waals surface area (Å²) in [5.41, 5.74) is 8.46. The highest BCUT2D eigenvalue weighted by Gasteiger charge is 2.08. The molecule has 0 saturated carbocycles. The van der Waals surface area contributed by atoms with E-state index >= 15 is 0 Å². The number of hydrogen-bond donors (Lipinski definition) is 1. The fraction of sp³-hybridized carbons (Fsp3) is 0.0417. The quantitative estimate of drug-likeness (QED) is 0.356. The second kappa shape index (κ2) is 8.44. The summed E-state index contributed by atoms with van der Waals surface area (Å²) >= 11 is 0. The van der Waals surface area contributed by atoms with Crippen LogP contribution in [0.3, 0.4) is 0 Å². The van der Waals surface area contributed by atoms with Crippen molar-refractivity contribution in [3.63, 3.8) is 0 Å². The van der Waals surface area contributed by atoms with E-state index in [9.17, 15) is 4.39 Å². The zero-order chi connectivity index (χ0) is 20.1. The van der Waals surface area contributed by atoms with E-state index in [1.54, 1.807) is 18.3 Å². The number of aryl methyl sites for hydroxylation is 1. The number of aromatic nitrogens is 2. The average molecular weight is 382 g/mol. The minimum atomic E-state index is -0.281. The van der Waals surface area contributed by atoms with E-state index in [2.05, 4.69) is 39.6 Å². The second-order valence-corrected chi connectivity index (χ2v) is 6.62. The Balaban J connectivity index is 1.67. The number of halogens is 1. The molecule has 1 heterocycles. The zero-order valence-corrected chi connectivity index (χ0v) is 15.9. The summed E-state index contributed by atoms with van der Waals surface area (Å²) in [5.74, 6) is 0.108. The minimum Gasteiger partial charge on any atom is -0.245 e. The molecule has 142 valence electrons. The summed E-state index contributed by atoms with van der Waals surface area (Å²) in [7, 11) is 0. The van der Waals surface area contributed by atoms with Crippen LogP contribution >= 0.6 is 0 Å². The SMILES string of the molecule is Cc1ccc(-c2cc(-c3ccccc3)nc(N/N=C/c3ccc(F)cc3)n2)cc1. The number of nitrogens with one attached hydrogen (secondary N) is 1. The number of hydrogen-bond acceptors (Lipinski definition) is 4. The van der Waals surface area contributed by atoms with Crippen molar-refractivity contribution in [3.8, 4) is 22.5 Å². The van der Waals surface area contributed by atoms with Crippen molar-refractivity contribution in [2.45, 2.75) is 6.92 Å². The lowest BCUT2D eigenvalue weighted by Gasteiger charge is -2.08. The van der Waals surface area contributed by atoms with Crippen molar-refractivity contribution < 1.29 is 4.39 Å². The number of rotatable bonds is 5. The number of hydrazone groups is 1. The standard InChI is InChI=1S/C24H19FN4/c1-17-7-11-20(12-8-17)23-15-22(19-5-3-2-4-6-19)27-24(28-23)29-26-16-18-9-13-21(25)14-10-18/h2-16H,1H3,(H,27,28,29)/b26-16+. The Kier molecular flexibility index (Phi) is 5.38. The first-order chi connectivity index (χ1) is 14.2. The summed E-state index contributed by atoms with van der Waals surface area (Å²) < 4.78 is 13.0. The van der Waals surface area contributed by atoms with Crippen LogP contribution in [-0.4, -0.2) is 16.2 Å². The Morgan fingerprint density at radius 2 is 1.41 bits per heavy atom. The van der Waals surface area contributed by atoms with Gasteiger partial charge in [0.2, 0.25) is 5.95 Å². The molecule has 0 aliphatic rings. The lowest BCUT2D eigenvalue weighted by molar-refractivity contribution is 0.628. The van der Waals surface area contributed by atoms with Crippen LogP contribution in [0.5, 0.6) is 0 Å². The highest BCUT2D eigenvalue weighted by atomic mass is 19.1. The molecule has 4 nitrogen and oxygen atoms in total. The van der Waals surface area contributed by atoms with Gasteiger partial charge < -0.3 is 0 Å². The molecule has 0 radical (unpaired) electrons. The van der Waals surface area contributed by atoms with Gasteiger partial charge in [0, 0.05) is 11.1 Å². The van der Waals surface area contributed by atoms with Crippen LogP contribution in [0.25, 0.3) is 22.5 Å². The highest BCUT2D eigenvalue weighted by Crippen LogP contribution is 2.25. The third-order valence-corrected chi connectivity index (χ3v) is 4.39. The molecule has 0 unspecified atom stereocenters. The Morgan fingerprint density at radius 1 is 0.793 bits per heavy atom. The molecule has 29 heavy (non-hydrogen) atoms. The zero-order valence-electron chi connectivity index (χ0n) is 15.9. The maximum atomic E-state index is 13.0. The molecule has 0 atom stereocenters. The van der Waals surface area contributed by atoms with Crippen molar-refractivity contribution in [3.05, 3.63) is 102 Å². The van der Waals surface area contributed by atoms with Crippen LogP contribution in [0.4, 0.5) is 10.3 Å². The van der Waals surface area contributed by atoms with Crippen molar-refractivity contribution in [1.82, 2.24) is 9.97 Å². The van der Waals surface area contributed by atoms with E-state index in [-0.39, 0.29) is 5.82 Å². The Bertz CT molecular complexity index is 1120. The Morgan fingerprint density at radius 3 is 2.07 bits per heavy atom. The van der Waals surface area contributed by atoms with Gasteiger partial charge in [0.15, 0.2) is 0 Å². The third-order valence-electron chi connectivity index (χ3n) is 4.39. The van der Waals surface area contributed by atoms with Gasteiger partial charge in [0.1, 0.15) is 5.82 Å².